The molecule has 1 aromatic heterocycles. The first-order valence-corrected chi connectivity index (χ1v) is 5.11. The second kappa shape index (κ2) is 4.39. The van der Waals surface area contributed by atoms with E-state index in [0.29, 0.717) is 0 Å². The SMILES string of the molecule is CC1CNCCN1C(=O)Cn1ccnn1. The fourth-order valence-corrected chi connectivity index (χ4v) is 1.76. The van der Waals surface area contributed by atoms with Crippen molar-refractivity contribution in [2.75, 3.05) is 19.6 Å². The van der Waals surface area contributed by atoms with Crippen molar-refractivity contribution < 1.29 is 4.79 Å². The first-order valence-electron chi connectivity index (χ1n) is 5.11. The highest BCUT2D eigenvalue weighted by atomic mass is 16.2. The number of nitrogens with one attached hydrogen (secondary N) is 1. The summed E-state index contributed by atoms with van der Waals surface area (Å²) in [5.41, 5.74) is 0. The fourth-order valence-electron chi connectivity index (χ4n) is 1.76. The van der Waals surface area contributed by atoms with Crippen molar-refractivity contribution in [2.24, 2.45) is 0 Å². The highest BCUT2D eigenvalue weighted by Crippen LogP contribution is 2.03. The van der Waals surface area contributed by atoms with Crippen molar-refractivity contribution in [2.45, 2.75) is 19.5 Å². The molecule has 1 aromatic rings. The van der Waals surface area contributed by atoms with E-state index in [2.05, 4.69) is 15.6 Å². The number of carbonyl (C=O) groups excluding carboxylic acids is 1. The van der Waals surface area contributed by atoms with Crippen LogP contribution >= 0.6 is 0 Å². The van der Waals surface area contributed by atoms with Crippen molar-refractivity contribution >= 4 is 5.91 Å². The largest absolute Gasteiger partial charge is 0.336 e. The van der Waals surface area contributed by atoms with E-state index in [1.54, 1.807) is 17.1 Å². The van der Waals surface area contributed by atoms with Gasteiger partial charge >= 0.3 is 0 Å². The van der Waals surface area contributed by atoms with Gasteiger partial charge in [0, 0.05) is 31.9 Å². The summed E-state index contributed by atoms with van der Waals surface area (Å²) in [5, 5.41) is 10.7. The van der Waals surface area contributed by atoms with Crippen molar-refractivity contribution in [3.63, 3.8) is 0 Å². The maximum Gasteiger partial charge on any atom is 0.244 e. The number of aromatic nitrogens is 3. The van der Waals surface area contributed by atoms with Crippen molar-refractivity contribution in [3.05, 3.63) is 12.4 Å². The third-order valence-corrected chi connectivity index (χ3v) is 2.59. The summed E-state index contributed by atoms with van der Waals surface area (Å²) in [4.78, 5) is 13.8. The van der Waals surface area contributed by atoms with Crippen molar-refractivity contribution in [1.29, 1.82) is 0 Å². The van der Waals surface area contributed by atoms with Crippen LogP contribution in [0, 0.1) is 0 Å². The Hall–Kier alpha value is -1.43. The zero-order valence-corrected chi connectivity index (χ0v) is 8.76. The first kappa shape index (κ1) is 10.1. The molecule has 0 aliphatic carbocycles. The Labute approximate surface area is 88.2 Å². The zero-order chi connectivity index (χ0) is 10.7. The lowest BCUT2D eigenvalue weighted by molar-refractivity contribution is -0.134. The molecule has 1 aliphatic heterocycles. The minimum Gasteiger partial charge on any atom is -0.336 e. The van der Waals surface area contributed by atoms with Gasteiger partial charge in [0.2, 0.25) is 5.91 Å². The lowest BCUT2D eigenvalue weighted by Gasteiger charge is -2.33. The Kier molecular flexibility index (Phi) is 2.96. The van der Waals surface area contributed by atoms with Crippen LogP contribution < -0.4 is 5.32 Å². The molecule has 0 aromatic carbocycles. The summed E-state index contributed by atoms with van der Waals surface area (Å²) in [6.45, 7) is 4.83. The molecule has 2 heterocycles. The summed E-state index contributed by atoms with van der Waals surface area (Å²) >= 11 is 0. The lowest BCUT2D eigenvalue weighted by atomic mass is 10.2. The molecule has 1 fully saturated rings. The topological polar surface area (TPSA) is 63.1 Å². The van der Waals surface area contributed by atoms with Gasteiger partial charge in [0.05, 0.1) is 6.20 Å². The van der Waals surface area contributed by atoms with E-state index in [1.165, 1.54) is 0 Å². The van der Waals surface area contributed by atoms with E-state index in [1.807, 2.05) is 11.8 Å². The van der Waals surface area contributed by atoms with Gasteiger partial charge in [-0.3, -0.25) is 4.79 Å². The van der Waals surface area contributed by atoms with Crippen LogP contribution in [0.4, 0.5) is 0 Å². The van der Waals surface area contributed by atoms with Gasteiger partial charge in [-0.25, -0.2) is 4.68 Å². The second-order valence-corrected chi connectivity index (χ2v) is 3.74. The zero-order valence-electron chi connectivity index (χ0n) is 8.76. The molecule has 1 aliphatic rings. The average Bonchev–Trinajstić information content (AvgIpc) is 2.71. The molecular formula is C9H15N5O. The van der Waals surface area contributed by atoms with E-state index < -0.39 is 0 Å². The van der Waals surface area contributed by atoms with Crippen LogP contribution in [0.1, 0.15) is 6.92 Å². The standard InChI is InChI=1S/C9H15N5O/c1-8-6-10-2-5-14(8)9(15)7-13-4-3-11-12-13/h3-4,8,10H,2,5-7H2,1H3. The van der Waals surface area contributed by atoms with Gasteiger partial charge in [0.25, 0.3) is 0 Å². The molecule has 1 unspecified atom stereocenters. The molecule has 1 amide bonds. The monoisotopic (exact) mass is 209 g/mol. The summed E-state index contributed by atoms with van der Waals surface area (Å²) < 4.78 is 1.55. The van der Waals surface area contributed by atoms with Gasteiger partial charge in [-0.1, -0.05) is 5.21 Å². The van der Waals surface area contributed by atoms with Crippen LogP contribution in [0.3, 0.4) is 0 Å². The molecule has 82 valence electrons. The van der Waals surface area contributed by atoms with Gasteiger partial charge in [-0.15, -0.1) is 5.10 Å². The molecule has 1 atom stereocenters. The van der Waals surface area contributed by atoms with Crippen LogP contribution in [0.2, 0.25) is 0 Å². The minimum absolute atomic E-state index is 0.106. The fraction of sp³-hybridized carbons (Fsp3) is 0.667. The number of carbonyl (C=O) groups is 1. The smallest absolute Gasteiger partial charge is 0.244 e. The Bertz CT molecular complexity index is 323. The highest BCUT2D eigenvalue weighted by molar-refractivity contribution is 5.76. The van der Waals surface area contributed by atoms with Gasteiger partial charge in [-0.05, 0) is 6.92 Å². The molecule has 6 nitrogen and oxygen atoms in total. The minimum atomic E-state index is 0.106. The third-order valence-electron chi connectivity index (χ3n) is 2.59. The predicted octanol–water partition coefficient (Wildman–Crippen LogP) is -0.902. The first-order chi connectivity index (χ1) is 7.27. The van der Waals surface area contributed by atoms with E-state index in [-0.39, 0.29) is 18.5 Å². The lowest BCUT2D eigenvalue weighted by Crippen LogP contribution is -2.53. The Balaban J connectivity index is 1.95. The molecule has 2 rings (SSSR count). The number of amides is 1. The molecular weight excluding hydrogens is 194 g/mol. The quantitative estimate of drug-likeness (QED) is 0.685. The van der Waals surface area contributed by atoms with Crippen LogP contribution in [0.5, 0.6) is 0 Å². The second-order valence-electron chi connectivity index (χ2n) is 3.74. The maximum atomic E-state index is 11.9. The van der Waals surface area contributed by atoms with Gasteiger partial charge in [-0.2, -0.15) is 0 Å². The molecule has 1 saturated heterocycles. The van der Waals surface area contributed by atoms with Crippen molar-refractivity contribution in [3.8, 4) is 0 Å². The van der Waals surface area contributed by atoms with Crippen LogP contribution in [0.15, 0.2) is 12.4 Å². The molecule has 15 heavy (non-hydrogen) atoms. The van der Waals surface area contributed by atoms with Gasteiger partial charge < -0.3 is 10.2 Å². The normalized spacial score (nSPS) is 21.7. The summed E-state index contributed by atoms with van der Waals surface area (Å²) in [6.07, 6.45) is 3.28. The van der Waals surface area contributed by atoms with Crippen LogP contribution in [0.25, 0.3) is 0 Å². The third kappa shape index (κ3) is 2.33. The van der Waals surface area contributed by atoms with Crippen molar-refractivity contribution in [1.82, 2.24) is 25.2 Å². The van der Waals surface area contributed by atoms with E-state index >= 15 is 0 Å². The summed E-state index contributed by atoms with van der Waals surface area (Å²) in [7, 11) is 0. The van der Waals surface area contributed by atoms with E-state index in [9.17, 15) is 4.79 Å². The van der Waals surface area contributed by atoms with Gasteiger partial charge in [0.1, 0.15) is 6.54 Å². The number of rotatable bonds is 2. The van der Waals surface area contributed by atoms with Crippen LogP contribution in [-0.2, 0) is 11.3 Å². The number of hydrogen-bond donors (Lipinski definition) is 1. The Morgan fingerprint density at radius 3 is 3.20 bits per heavy atom. The summed E-state index contributed by atoms with van der Waals surface area (Å²) in [6, 6.07) is 0.259. The molecule has 1 N–H and O–H groups in total. The molecule has 6 heteroatoms. The predicted molar refractivity (Wildman–Crippen MR) is 54.1 cm³/mol. The summed E-state index contributed by atoms with van der Waals surface area (Å²) in [5.74, 6) is 0.106. The Morgan fingerprint density at radius 1 is 1.67 bits per heavy atom. The van der Waals surface area contributed by atoms with E-state index in [0.717, 1.165) is 19.6 Å². The molecule has 0 radical (unpaired) electrons. The van der Waals surface area contributed by atoms with E-state index in [4.69, 9.17) is 0 Å². The molecule has 0 spiro atoms. The maximum absolute atomic E-state index is 11.9. The number of piperazine rings is 1. The number of hydrogen-bond acceptors (Lipinski definition) is 4. The van der Waals surface area contributed by atoms with Crippen LogP contribution in [-0.4, -0.2) is 51.5 Å². The Morgan fingerprint density at radius 2 is 2.53 bits per heavy atom. The molecule has 0 bridgehead atoms. The molecule has 0 saturated carbocycles. The average molecular weight is 209 g/mol. The number of nitrogens with zero attached hydrogens (tertiary/aromatic N) is 4. The van der Waals surface area contributed by atoms with Gasteiger partial charge in [0.15, 0.2) is 0 Å². The highest BCUT2D eigenvalue weighted by Gasteiger charge is 2.22.